The molecule has 2 aliphatic rings. The zero-order valence-electron chi connectivity index (χ0n) is 8.62. The van der Waals surface area contributed by atoms with Gasteiger partial charge in [-0.15, -0.1) is 0 Å². The van der Waals surface area contributed by atoms with Crippen LogP contribution in [0.15, 0.2) is 18.3 Å². The fourth-order valence-corrected chi connectivity index (χ4v) is 3.21. The van der Waals surface area contributed by atoms with E-state index in [4.69, 9.17) is 11.6 Å². The topological polar surface area (TPSA) is 24.9 Å². The van der Waals surface area contributed by atoms with E-state index in [0.717, 1.165) is 17.5 Å². The van der Waals surface area contributed by atoms with Crippen molar-refractivity contribution in [2.75, 3.05) is 5.32 Å². The van der Waals surface area contributed by atoms with Crippen LogP contribution in [0, 0.1) is 11.8 Å². The Bertz CT molecular complexity index is 349. The first-order chi connectivity index (χ1) is 7.31. The highest BCUT2D eigenvalue weighted by atomic mass is 35.5. The molecule has 3 atom stereocenters. The van der Waals surface area contributed by atoms with Crippen molar-refractivity contribution in [2.45, 2.75) is 31.7 Å². The highest BCUT2D eigenvalue weighted by Crippen LogP contribution is 2.45. The Hall–Kier alpha value is -0.760. The number of nitrogens with zero attached hydrogens (tertiary/aromatic N) is 1. The van der Waals surface area contributed by atoms with Gasteiger partial charge in [0.2, 0.25) is 0 Å². The maximum Gasteiger partial charge on any atom is 0.129 e. The number of hydrogen-bond acceptors (Lipinski definition) is 2. The average Bonchev–Trinajstić information content (AvgIpc) is 2.83. The number of halogens is 1. The largest absolute Gasteiger partial charge is 0.381 e. The number of hydrogen-bond donors (Lipinski definition) is 1. The van der Waals surface area contributed by atoms with Crippen molar-refractivity contribution < 1.29 is 0 Å². The van der Waals surface area contributed by atoms with E-state index < -0.39 is 0 Å². The minimum absolute atomic E-state index is 0.563. The fourth-order valence-electron chi connectivity index (χ4n) is 3.10. The van der Waals surface area contributed by atoms with Gasteiger partial charge in [-0.2, -0.15) is 0 Å². The van der Waals surface area contributed by atoms with Crippen LogP contribution in [0.1, 0.15) is 25.7 Å². The number of nitrogens with one attached hydrogen (secondary N) is 1. The molecular weight excluding hydrogens is 208 g/mol. The number of aromatic nitrogens is 1. The second-order valence-electron chi connectivity index (χ2n) is 4.80. The van der Waals surface area contributed by atoms with E-state index in [1.807, 2.05) is 18.3 Å². The van der Waals surface area contributed by atoms with E-state index in [1.54, 1.807) is 0 Å². The summed E-state index contributed by atoms with van der Waals surface area (Å²) in [5, 5.41) is 4.14. The van der Waals surface area contributed by atoms with Crippen molar-refractivity contribution in [2.24, 2.45) is 11.8 Å². The van der Waals surface area contributed by atoms with Gasteiger partial charge in [0.15, 0.2) is 0 Å². The highest BCUT2D eigenvalue weighted by Gasteiger charge is 2.39. The predicted octanol–water partition coefficient (Wildman–Crippen LogP) is 3.34. The van der Waals surface area contributed by atoms with Crippen LogP contribution in [0.4, 0.5) is 5.69 Å². The quantitative estimate of drug-likeness (QED) is 0.777. The summed E-state index contributed by atoms with van der Waals surface area (Å²) in [6, 6.07) is 4.53. The van der Waals surface area contributed by atoms with Gasteiger partial charge in [0.25, 0.3) is 0 Å². The maximum atomic E-state index is 5.75. The van der Waals surface area contributed by atoms with Gasteiger partial charge < -0.3 is 5.32 Å². The fraction of sp³-hybridized carbons (Fsp3) is 0.583. The summed E-state index contributed by atoms with van der Waals surface area (Å²) in [7, 11) is 0. The maximum absolute atomic E-state index is 5.75. The molecule has 80 valence electrons. The second-order valence-corrected chi connectivity index (χ2v) is 5.18. The third kappa shape index (κ3) is 1.83. The third-order valence-corrected chi connectivity index (χ3v) is 4.04. The van der Waals surface area contributed by atoms with Crippen LogP contribution in [0.2, 0.25) is 5.15 Å². The molecule has 2 fully saturated rings. The Morgan fingerprint density at radius 3 is 2.80 bits per heavy atom. The normalized spacial score (nSPS) is 33.3. The Morgan fingerprint density at radius 1 is 1.27 bits per heavy atom. The molecule has 3 rings (SSSR count). The summed E-state index contributed by atoms with van der Waals surface area (Å²) in [5.41, 5.74) is 1.11. The minimum Gasteiger partial charge on any atom is -0.381 e. The van der Waals surface area contributed by atoms with E-state index >= 15 is 0 Å². The molecule has 2 aliphatic carbocycles. The molecule has 1 aromatic rings. The highest BCUT2D eigenvalue weighted by molar-refractivity contribution is 6.29. The van der Waals surface area contributed by atoms with Crippen LogP contribution in [0.5, 0.6) is 0 Å². The van der Waals surface area contributed by atoms with Crippen molar-refractivity contribution >= 4 is 17.3 Å². The third-order valence-electron chi connectivity index (χ3n) is 3.82. The number of pyridine rings is 1. The van der Waals surface area contributed by atoms with Crippen LogP contribution < -0.4 is 5.32 Å². The Balaban J connectivity index is 1.68. The Labute approximate surface area is 95.0 Å². The molecular formula is C12H15ClN2. The van der Waals surface area contributed by atoms with E-state index in [-0.39, 0.29) is 0 Å². The molecule has 0 aliphatic heterocycles. The monoisotopic (exact) mass is 222 g/mol. The van der Waals surface area contributed by atoms with Crippen molar-refractivity contribution in [3.8, 4) is 0 Å². The van der Waals surface area contributed by atoms with E-state index in [1.165, 1.54) is 25.7 Å². The SMILES string of the molecule is Clc1ccc(N[C@H]2C[C@@H]3CC[C@@H]2C3)cn1. The van der Waals surface area contributed by atoms with E-state index in [0.29, 0.717) is 11.2 Å². The Morgan fingerprint density at radius 2 is 2.20 bits per heavy atom. The number of rotatable bonds is 2. The van der Waals surface area contributed by atoms with Crippen molar-refractivity contribution in [1.29, 1.82) is 0 Å². The van der Waals surface area contributed by atoms with Crippen LogP contribution in [-0.2, 0) is 0 Å². The first-order valence-electron chi connectivity index (χ1n) is 5.69. The molecule has 1 N–H and O–H groups in total. The summed E-state index contributed by atoms with van der Waals surface area (Å²) in [6.45, 7) is 0. The van der Waals surface area contributed by atoms with Gasteiger partial charge in [-0.3, -0.25) is 0 Å². The zero-order valence-corrected chi connectivity index (χ0v) is 9.37. The first kappa shape index (κ1) is 9.46. The molecule has 0 unspecified atom stereocenters. The van der Waals surface area contributed by atoms with E-state index in [2.05, 4.69) is 10.3 Å². The van der Waals surface area contributed by atoms with Crippen LogP contribution in [0.3, 0.4) is 0 Å². The van der Waals surface area contributed by atoms with Crippen LogP contribution in [0.25, 0.3) is 0 Å². The lowest BCUT2D eigenvalue weighted by atomic mass is 9.95. The summed E-state index contributed by atoms with van der Waals surface area (Å²) < 4.78 is 0. The lowest BCUT2D eigenvalue weighted by Gasteiger charge is -2.23. The lowest BCUT2D eigenvalue weighted by molar-refractivity contribution is 0.439. The first-order valence-corrected chi connectivity index (χ1v) is 6.07. The van der Waals surface area contributed by atoms with E-state index in [9.17, 15) is 0 Å². The molecule has 0 radical (unpaired) electrons. The minimum atomic E-state index is 0.563. The van der Waals surface area contributed by atoms with Gasteiger partial charge >= 0.3 is 0 Å². The molecule has 0 amide bonds. The lowest BCUT2D eigenvalue weighted by Crippen LogP contribution is -2.25. The summed E-state index contributed by atoms with van der Waals surface area (Å²) in [6.07, 6.45) is 7.45. The number of fused-ring (bicyclic) bond motifs is 2. The predicted molar refractivity (Wildman–Crippen MR) is 62.1 cm³/mol. The van der Waals surface area contributed by atoms with Crippen molar-refractivity contribution in [3.63, 3.8) is 0 Å². The van der Waals surface area contributed by atoms with Crippen LogP contribution >= 0.6 is 11.6 Å². The summed E-state index contributed by atoms with van der Waals surface area (Å²) in [4.78, 5) is 4.09. The molecule has 0 saturated heterocycles. The molecule has 2 saturated carbocycles. The molecule has 0 aromatic carbocycles. The van der Waals surface area contributed by atoms with Crippen molar-refractivity contribution in [1.82, 2.24) is 4.98 Å². The molecule has 1 aromatic heterocycles. The smallest absolute Gasteiger partial charge is 0.129 e. The zero-order chi connectivity index (χ0) is 10.3. The van der Waals surface area contributed by atoms with Gasteiger partial charge in [0.05, 0.1) is 11.9 Å². The molecule has 1 heterocycles. The van der Waals surface area contributed by atoms with Gasteiger partial charge in [0.1, 0.15) is 5.15 Å². The standard InChI is InChI=1S/C12H15ClN2/c13-12-4-3-10(7-14-12)15-11-6-8-1-2-9(11)5-8/h3-4,7-9,11,15H,1-2,5-6H2/t8-,9-,11+/m1/s1. The van der Waals surface area contributed by atoms with Gasteiger partial charge in [-0.1, -0.05) is 18.0 Å². The summed E-state index contributed by atoms with van der Waals surface area (Å²) >= 11 is 5.75. The van der Waals surface area contributed by atoms with Crippen molar-refractivity contribution in [3.05, 3.63) is 23.5 Å². The molecule has 3 heteroatoms. The Kier molecular flexibility index (Phi) is 2.32. The number of anilines is 1. The average molecular weight is 223 g/mol. The van der Waals surface area contributed by atoms with Gasteiger partial charge in [-0.05, 0) is 43.2 Å². The molecule has 2 nitrogen and oxygen atoms in total. The van der Waals surface area contributed by atoms with Crippen LogP contribution in [-0.4, -0.2) is 11.0 Å². The van der Waals surface area contributed by atoms with Gasteiger partial charge in [0, 0.05) is 6.04 Å². The van der Waals surface area contributed by atoms with Gasteiger partial charge in [-0.25, -0.2) is 4.98 Å². The summed E-state index contributed by atoms with van der Waals surface area (Å²) in [5.74, 6) is 1.87. The molecule has 0 spiro atoms. The second kappa shape index (κ2) is 3.67. The molecule has 2 bridgehead atoms. The molecule has 15 heavy (non-hydrogen) atoms.